The van der Waals surface area contributed by atoms with Gasteiger partial charge in [-0.15, -0.1) is 0 Å². The average Bonchev–Trinajstić information content (AvgIpc) is 2.55. The van der Waals surface area contributed by atoms with Gasteiger partial charge >= 0.3 is 0 Å². The summed E-state index contributed by atoms with van der Waals surface area (Å²) in [5.41, 5.74) is 3.13. The molecule has 0 bridgehead atoms. The first-order valence-corrected chi connectivity index (χ1v) is 7.22. The summed E-state index contributed by atoms with van der Waals surface area (Å²) in [7, 11) is 1.46. The molecule has 0 aromatic heterocycles. The molecular formula is C15H12BrN3O4. The van der Waals surface area contributed by atoms with Crippen LogP contribution in [0.25, 0.3) is 0 Å². The highest BCUT2D eigenvalue weighted by molar-refractivity contribution is 9.10. The molecule has 0 aliphatic carbocycles. The predicted octanol–water partition coefficient (Wildman–Crippen LogP) is 3.13. The van der Waals surface area contributed by atoms with Gasteiger partial charge in [0.2, 0.25) is 0 Å². The van der Waals surface area contributed by atoms with Crippen LogP contribution >= 0.6 is 15.9 Å². The molecule has 118 valence electrons. The molecule has 0 aliphatic heterocycles. The van der Waals surface area contributed by atoms with Crippen molar-refractivity contribution >= 4 is 33.7 Å². The lowest BCUT2D eigenvalue weighted by molar-refractivity contribution is -0.384. The number of amides is 1. The van der Waals surface area contributed by atoms with Crippen molar-refractivity contribution in [2.75, 3.05) is 7.11 Å². The Morgan fingerprint density at radius 1 is 1.35 bits per heavy atom. The number of nitro groups is 1. The number of methoxy groups -OCH3 is 1. The molecular weight excluding hydrogens is 366 g/mol. The highest BCUT2D eigenvalue weighted by Crippen LogP contribution is 2.22. The molecule has 7 nitrogen and oxygen atoms in total. The van der Waals surface area contributed by atoms with E-state index in [0.717, 1.165) is 4.47 Å². The molecule has 2 aromatic carbocycles. The fourth-order valence-corrected chi connectivity index (χ4v) is 2.16. The lowest BCUT2D eigenvalue weighted by Crippen LogP contribution is -2.18. The molecule has 1 amide bonds. The summed E-state index contributed by atoms with van der Waals surface area (Å²) in [6, 6.07) is 10.9. The van der Waals surface area contributed by atoms with E-state index < -0.39 is 10.8 Å². The SMILES string of the molecule is COc1ccc(Br)cc1C(=O)N/N=C\c1cccc([N+](=O)[O-])c1. The minimum Gasteiger partial charge on any atom is -0.496 e. The monoisotopic (exact) mass is 377 g/mol. The molecule has 0 atom stereocenters. The van der Waals surface area contributed by atoms with E-state index >= 15 is 0 Å². The molecule has 0 heterocycles. The normalized spacial score (nSPS) is 10.5. The summed E-state index contributed by atoms with van der Waals surface area (Å²) in [5.74, 6) is -0.0407. The number of hydrogen-bond acceptors (Lipinski definition) is 5. The summed E-state index contributed by atoms with van der Waals surface area (Å²) >= 11 is 3.28. The standard InChI is InChI=1S/C15H12BrN3O4/c1-23-14-6-5-11(16)8-13(14)15(20)18-17-9-10-3-2-4-12(7-10)19(21)22/h2-9H,1H3,(H,18,20)/b17-9-. The summed E-state index contributed by atoms with van der Waals surface area (Å²) in [5, 5.41) is 14.5. The Morgan fingerprint density at radius 3 is 2.83 bits per heavy atom. The van der Waals surface area contributed by atoms with Gasteiger partial charge in [0.1, 0.15) is 5.75 Å². The number of rotatable bonds is 5. The minimum absolute atomic E-state index is 0.0473. The first-order chi connectivity index (χ1) is 11.0. The van der Waals surface area contributed by atoms with Gasteiger partial charge in [-0.25, -0.2) is 5.43 Å². The molecule has 0 saturated carbocycles. The van der Waals surface area contributed by atoms with E-state index in [4.69, 9.17) is 4.74 Å². The quantitative estimate of drug-likeness (QED) is 0.491. The average molecular weight is 378 g/mol. The van der Waals surface area contributed by atoms with Gasteiger partial charge < -0.3 is 4.74 Å². The fraction of sp³-hybridized carbons (Fsp3) is 0.0667. The summed E-state index contributed by atoms with van der Waals surface area (Å²) in [6.45, 7) is 0. The van der Waals surface area contributed by atoms with Crippen LogP contribution in [0.1, 0.15) is 15.9 Å². The number of ether oxygens (including phenoxy) is 1. The van der Waals surface area contributed by atoms with Crippen LogP contribution in [-0.2, 0) is 0 Å². The first-order valence-electron chi connectivity index (χ1n) is 6.42. The summed E-state index contributed by atoms with van der Waals surface area (Å²) < 4.78 is 5.85. The molecule has 0 fully saturated rings. The van der Waals surface area contributed by atoms with Crippen LogP contribution in [0.15, 0.2) is 52.0 Å². The second-order valence-electron chi connectivity index (χ2n) is 4.40. The number of hydrogen-bond donors (Lipinski definition) is 1. The highest BCUT2D eigenvalue weighted by Gasteiger charge is 2.12. The van der Waals surface area contributed by atoms with Crippen LogP contribution < -0.4 is 10.2 Å². The molecule has 8 heteroatoms. The smallest absolute Gasteiger partial charge is 0.275 e. The number of nitrogens with zero attached hydrogens (tertiary/aromatic N) is 2. The molecule has 0 aliphatic rings. The van der Waals surface area contributed by atoms with Gasteiger partial charge in [-0.05, 0) is 18.2 Å². The van der Waals surface area contributed by atoms with E-state index in [0.29, 0.717) is 16.9 Å². The van der Waals surface area contributed by atoms with Gasteiger partial charge in [0, 0.05) is 22.2 Å². The number of halogens is 1. The number of non-ortho nitro benzene ring substituents is 1. The zero-order valence-corrected chi connectivity index (χ0v) is 13.6. The number of hydrazone groups is 1. The molecule has 0 spiro atoms. The van der Waals surface area contributed by atoms with Gasteiger partial charge in [-0.2, -0.15) is 5.10 Å². The fourth-order valence-electron chi connectivity index (χ4n) is 1.80. The van der Waals surface area contributed by atoms with Gasteiger partial charge in [0.25, 0.3) is 11.6 Å². The Kier molecular flexibility index (Phi) is 5.42. The van der Waals surface area contributed by atoms with Crippen LogP contribution in [0.3, 0.4) is 0 Å². The highest BCUT2D eigenvalue weighted by atomic mass is 79.9. The van der Waals surface area contributed by atoms with E-state index in [-0.39, 0.29) is 5.69 Å². The van der Waals surface area contributed by atoms with Crippen LogP contribution in [0.5, 0.6) is 5.75 Å². The van der Waals surface area contributed by atoms with Crippen LogP contribution in [-0.4, -0.2) is 24.2 Å². The third-order valence-corrected chi connectivity index (χ3v) is 3.36. The maximum Gasteiger partial charge on any atom is 0.275 e. The van der Waals surface area contributed by atoms with Crippen molar-refractivity contribution in [3.8, 4) is 5.75 Å². The van der Waals surface area contributed by atoms with E-state index in [1.807, 2.05) is 0 Å². The van der Waals surface area contributed by atoms with Crippen molar-refractivity contribution in [1.29, 1.82) is 0 Å². The minimum atomic E-state index is -0.498. The maximum absolute atomic E-state index is 12.1. The molecule has 0 unspecified atom stereocenters. The van der Waals surface area contributed by atoms with Crippen LogP contribution in [0.2, 0.25) is 0 Å². The Hall–Kier alpha value is -2.74. The number of carbonyl (C=O) groups excluding carboxylic acids is 1. The van der Waals surface area contributed by atoms with Gasteiger partial charge in [-0.1, -0.05) is 28.1 Å². The molecule has 0 radical (unpaired) electrons. The van der Waals surface area contributed by atoms with E-state index in [1.165, 1.54) is 25.5 Å². The van der Waals surface area contributed by atoms with Crippen molar-refractivity contribution < 1.29 is 14.5 Å². The van der Waals surface area contributed by atoms with Crippen LogP contribution in [0, 0.1) is 10.1 Å². The van der Waals surface area contributed by atoms with Gasteiger partial charge in [0.15, 0.2) is 0 Å². The first kappa shape index (κ1) is 16.6. The van der Waals surface area contributed by atoms with Gasteiger partial charge in [-0.3, -0.25) is 14.9 Å². The lowest BCUT2D eigenvalue weighted by Gasteiger charge is -2.07. The van der Waals surface area contributed by atoms with E-state index in [2.05, 4.69) is 26.5 Å². The van der Waals surface area contributed by atoms with Gasteiger partial charge in [0.05, 0.1) is 23.8 Å². The Bertz CT molecular complexity index is 777. The number of nitrogens with one attached hydrogen (secondary N) is 1. The Morgan fingerprint density at radius 2 is 2.13 bits per heavy atom. The molecule has 1 N–H and O–H groups in total. The topological polar surface area (TPSA) is 93.8 Å². The number of carbonyl (C=O) groups is 1. The van der Waals surface area contributed by atoms with Crippen molar-refractivity contribution in [3.05, 3.63) is 68.2 Å². The zero-order valence-electron chi connectivity index (χ0n) is 12.0. The third kappa shape index (κ3) is 4.36. The van der Waals surface area contributed by atoms with Crippen molar-refractivity contribution in [2.24, 2.45) is 5.10 Å². The predicted molar refractivity (Wildman–Crippen MR) is 88.9 cm³/mol. The Labute approximate surface area is 140 Å². The van der Waals surface area contributed by atoms with Crippen LogP contribution in [0.4, 0.5) is 5.69 Å². The molecule has 2 aromatic rings. The van der Waals surface area contributed by atoms with Crippen molar-refractivity contribution in [1.82, 2.24) is 5.43 Å². The maximum atomic E-state index is 12.1. The van der Waals surface area contributed by atoms with Crippen molar-refractivity contribution in [3.63, 3.8) is 0 Å². The molecule has 2 rings (SSSR count). The number of benzene rings is 2. The van der Waals surface area contributed by atoms with E-state index in [9.17, 15) is 14.9 Å². The van der Waals surface area contributed by atoms with E-state index in [1.54, 1.807) is 30.3 Å². The zero-order chi connectivity index (χ0) is 16.8. The lowest BCUT2D eigenvalue weighted by atomic mass is 10.2. The second-order valence-corrected chi connectivity index (χ2v) is 5.31. The second kappa shape index (κ2) is 7.50. The largest absolute Gasteiger partial charge is 0.496 e. The third-order valence-electron chi connectivity index (χ3n) is 2.87. The molecule has 23 heavy (non-hydrogen) atoms. The number of nitro benzene ring substituents is 1. The molecule has 0 saturated heterocycles. The summed E-state index contributed by atoms with van der Waals surface area (Å²) in [4.78, 5) is 22.3. The Balaban J connectivity index is 2.11. The van der Waals surface area contributed by atoms with Crippen molar-refractivity contribution in [2.45, 2.75) is 0 Å². The summed E-state index contributed by atoms with van der Waals surface area (Å²) in [6.07, 6.45) is 1.33.